The Balaban J connectivity index is 1.96. The van der Waals surface area contributed by atoms with Crippen molar-refractivity contribution in [3.8, 4) is 11.8 Å². The molecule has 2 aromatic rings. The van der Waals surface area contributed by atoms with Crippen LogP contribution >= 0.6 is 23.2 Å². The highest BCUT2D eigenvalue weighted by Crippen LogP contribution is 2.16. The summed E-state index contributed by atoms with van der Waals surface area (Å²) in [5.41, 5.74) is 0.987. The molecule has 0 saturated carbocycles. The summed E-state index contributed by atoms with van der Waals surface area (Å²) in [6, 6.07) is 12.6. The Kier molecular flexibility index (Phi) is 5.00. The minimum atomic E-state index is -0.403. The predicted molar refractivity (Wildman–Crippen MR) is 79.9 cm³/mol. The van der Waals surface area contributed by atoms with Crippen LogP contribution in [0.25, 0.3) is 0 Å². The number of carbonyl (C=O) groups excluding carboxylic acids is 1. The summed E-state index contributed by atoms with van der Waals surface area (Å²) in [5, 5.41) is 3.09. The topological polar surface area (TPSA) is 42.0 Å². The van der Waals surface area contributed by atoms with Crippen LogP contribution in [0.2, 0.25) is 10.2 Å². The zero-order chi connectivity index (χ0) is 14.4. The minimum absolute atomic E-state index is 0.0978. The average molecular weight is 305 g/mol. The lowest BCUT2D eigenvalue weighted by Crippen LogP contribution is -2.25. The summed E-state index contributed by atoms with van der Waals surface area (Å²) < 4.78 is 0. The SMILES string of the molecule is O=C(NCC#Cc1ccccc1)c1nc(Cl)ccc1Cl. The van der Waals surface area contributed by atoms with Crippen molar-refractivity contribution < 1.29 is 4.79 Å². The second kappa shape index (κ2) is 6.95. The van der Waals surface area contributed by atoms with Gasteiger partial charge in [0, 0.05) is 5.56 Å². The molecule has 0 aliphatic carbocycles. The van der Waals surface area contributed by atoms with E-state index in [4.69, 9.17) is 23.2 Å². The maximum absolute atomic E-state index is 11.8. The third-order valence-electron chi connectivity index (χ3n) is 2.37. The van der Waals surface area contributed by atoms with Gasteiger partial charge in [0.1, 0.15) is 10.8 Å². The number of aromatic nitrogens is 1. The maximum atomic E-state index is 11.8. The first-order valence-corrected chi connectivity index (χ1v) is 6.56. The van der Waals surface area contributed by atoms with Crippen LogP contribution in [0, 0.1) is 11.8 Å². The number of halogens is 2. The van der Waals surface area contributed by atoms with Crippen LogP contribution in [0.15, 0.2) is 42.5 Å². The molecule has 1 heterocycles. The summed E-state index contributed by atoms with van der Waals surface area (Å²) in [4.78, 5) is 15.7. The van der Waals surface area contributed by atoms with Crippen LogP contribution in [0.5, 0.6) is 0 Å². The molecule has 100 valence electrons. The molecule has 5 heteroatoms. The third kappa shape index (κ3) is 3.99. The van der Waals surface area contributed by atoms with Gasteiger partial charge in [-0.05, 0) is 24.3 Å². The average Bonchev–Trinajstić information content (AvgIpc) is 2.47. The van der Waals surface area contributed by atoms with Crippen molar-refractivity contribution in [2.24, 2.45) is 0 Å². The highest BCUT2D eigenvalue weighted by atomic mass is 35.5. The van der Waals surface area contributed by atoms with E-state index in [2.05, 4.69) is 22.1 Å². The Morgan fingerprint density at radius 2 is 1.90 bits per heavy atom. The first-order chi connectivity index (χ1) is 9.66. The Morgan fingerprint density at radius 1 is 1.15 bits per heavy atom. The number of benzene rings is 1. The van der Waals surface area contributed by atoms with Gasteiger partial charge in [-0.15, -0.1) is 0 Å². The van der Waals surface area contributed by atoms with Crippen LogP contribution in [0.3, 0.4) is 0 Å². The number of rotatable bonds is 2. The lowest BCUT2D eigenvalue weighted by Gasteiger charge is -2.03. The molecule has 2 rings (SSSR count). The van der Waals surface area contributed by atoms with E-state index < -0.39 is 5.91 Å². The van der Waals surface area contributed by atoms with Crippen molar-refractivity contribution in [3.63, 3.8) is 0 Å². The van der Waals surface area contributed by atoms with E-state index in [1.165, 1.54) is 12.1 Å². The fourth-order valence-corrected chi connectivity index (χ4v) is 1.79. The summed E-state index contributed by atoms with van der Waals surface area (Å²) in [7, 11) is 0. The molecule has 1 aromatic carbocycles. The van der Waals surface area contributed by atoms with Crippen LogP contribution in [-0.2, 0) is 0 Å². The fourth-order valence-electron chi connectivity index (χ4n) is 1.45. The van der Waals surface area contributed by atoms with Gasteiger partial charge in [-0.3, -0.25) is 4.79 Å². The number of nitrogens with zero attached hydrogens (tertiary/aromatic N) is 1. The molecule has 0 atom stereocenters. The number of hydrogen-bond acceptors (Lipinski definition) is 2. The summed E-state index contributed by atoms with van der Waals surface area (Å²) in [5.74, 6) is 5.38. The fraction of sp³-hybridized carbons (Fsp3) is 0.0667. The number of hydrogen-bond donors (Lipinski definition) is 1. The van der Waals surface area contributed by atoms with Gasteiger partial charge in [0.15, 0.2) is 0 Å². The van der Waals surface area contributed by atoms with Gasteiger partial charge in [-0.25, -0.2) is 4.98 Å². The van der Waals surface area contributed by atoms with Gasteiger partial charge in [0.2, 0.25) is 0 Å². The normalized spacial score (nSPS) is 9.50. The van der Waals surface area contributed by atoms with Gasteiger partial charge < -0.3 is 5.32 Å². The molecule has 0 saturated heterocycles. The van der Waals surface area contributed by atoms with Crippen molar-refractivity contribution in [1.82, 2.24) is 10.3 Å². The first-order valence-electron chi connectivity index (χ1n) is 5.81. The smallest absolute Gasteiger partial charge is 0.272 e. The molecule has 0 fully saturated rings. The number of carbonyl (C=O) groups is 1. The quantitative estimate of drug-likeness (QED) is 0.684. The molecule has 0 aliphatic rings. The maximum Gasteiger partial charge on any atom is 0.272 e. The van der Waals surface area contributed by atoms with Crippen LogP contribution < -0.4 is 5.32 Å². The summed E-state index contributed by atoms with van der Waals surface area (Å²) in [6.07, 6.45) is 0. The Hall–Kier alpha value is -2.02. The van der Waals surface area contributed by atoms with Crippen LogP contribution in [0.1, 0.15) is 16.1 Å². The third-order valence-corrected chi connectivity index (χ3v) is 2.89. The molecule has 0 spiro atoms. The van der Waals surface area contributed by atoms with Crippen molar-refractivity contribution in [1.29, 1.82) is 0 Å². The molecule has 0 bridgehead atoms. The highest BCUT2D eigenvalue weighted by molar-refractivity contribution is 6.34. The van der Waals surface area contributed by atoms with E-state index in [-0.39, 0.29) is 22.4 Å². The minimum Gasteiger partial charge on any atom is -0.340 e. The number of pyridine rings is 1. The van der Waals surface area contributed by atoms with Gasteiger partial charge in [-0.2, -0.15) is 0 Å². The van der Waals surface area contributed by atoms with Crippen molar-refractivity contribution in [3.05, 3.63) is 63.9 Å². The molecular weight excluding hydrogens is 295 g/mol. The molecule has 0 radical (unpaired) electrons. The van der Waals surface area contributed by atoms with Crippen LogP contribution in [-0.4, -0.2) is 17.4 Å². The molecule has 1 amide bonds. The number of nitrogens with one attached hydrogen (secondary N) is 1. The molecule has 1 N–H and O–H groups in total. The summed E-state index contributed by atoms with van der Waals surface area (Å²) >= 11 is 11.6. The standard InChI is InChI=1S/C15H10Cl2N2O/c16-12-8-9-13(17)19-14(12)15(20)18-10-4-7-11-5-2-1-3-6-11/h1-3,5-6,8-9H,10H2,(H,18,20). The molecule has 0 unspecified atom stereocenters. The largest absolute Gasteiger partial charge is 0.340 e. The van der Waals surface area contributed by atoms with E-state index in [9.17, 15) is 4.79 Å². The van der Waals surface area contributed by atoms with Crippen molar-refractivity contribution in [2.75, 3.05) is 6.54 Å². The monoisotopic (exact) mass is 304 g/mol. The van der Waals surface area contributed by atoms with E-state index >= 15 is 0 Å². The van der Waals surface area contributed by atoms with Gasteiger partial charge in [0.25, 0.3) is 5.91 Å². The Bertz CT molecular complexity index is 675. The van der Waals surface area contributed by atoms with Gasteiger partial charge >= 0.3 is 0 Å². The van der Waals surface area contributed by atoms with Crippen molar-refractivity contribution in [2.45, 2.75) is 0 Å². The van der Waals surface area contributed by atoms with E-state index in [0.717, 1.165) is 5.56 Å². The van der Waals surface area contributed by atoms with E-state index in [1.807, 2.05) is 30.3 Å². The molecule has 20 heavy (non-hydrogen) atoms. The molecule has 0 aliphatic heterocycles. The van der Waals surface area contributed by atoms with Gasteiger partial charge in [-0.1, -0.05) is 53.2 Å². The molecule has 3 nitrogen and oxygen atoms in total. The lowest BCUT2D eigenvalue weighted by molar-refractivity contribution is 0.0954. The summed E-state index contributed by atoms with van der Waals surface area (Å²) in [6.45, 7) is 0.207. The van der Waals surface area contributed by atoms with Crippen LogP contribution in [0.4, 0.5) is 0 Å². The number of amides is 1. The highest BCUT2D eigenvalue weighted by Gasteiger charge is 2.11. The molecule has 1 aromatic heterocycles. The zero-order valence-electron chi connectivity index (χ0n) is 10.4. The predicted octanol–water partition coefficient (Wildman–Crippen LogP) is 3.17. The zero-order valence-corrected chi connectivity index (χ0v) is 11.9. The Morgan fingerprint density at radius 3 is 2.65 bits per heavy atom. The second-order valence-corrected chi connectivity index (χ2v) is 4.61. The Labute approximate surface area is 126 Å². The van der Waals surface area contributed by atoms with E-state index in [1.54, 1.807) is 0 Å². The van der Waals surface area contributed by atoms with Crippen molar-refractivity contribution >= 4 is 29.1 Å². The molecular formula is C15H10Cl2N2O. The second-order valence-electron chi connectivity index (χ2n) is 3.81. The first kappa shape index (κ1) is 14.4. The van der Waals surface area contributed by atoms with Gasteiger partial charge in [0.05, 0.1) is 11.6 Å². The van der Waals surface area contributed by atoms with E-state index in [0.29, 0.717) is 0 Å². The lowest BCUT2D eigenvalue weighted by atomic mass is 10.2.